The van der Waals surface area contributed by atoms with Crippen molar-refractivity contribution in [2.24, 2.45) is 5.92 Å². The molecule has 2 saturated heterocycles. The summed E-state index contributed by atoms with van der Waals surface area (Å²) >= 11 is 0. The number of nitrogens with zero attached hydrogens (tertiary/aromatic N) is 1. The highest BCUT2D eigenvalue weighted by molar-refractivity contribution is 5.24. The number of piperidine rings is 1. The quantitative estimate of drug-likeness (QED) is 0.566. The van der Waals surface area contributed by atoms with Gasteiger partial charge in [-0.05, 0) is 63.6 Å². The molecule has 5 heteroatoms. The van der Waals surface area contributed by atoms with Gasteiger partial charge in [0, 0.05) is 12.6 Å². The Labute approximate surface area is 145 Å². The van der Waals surface area contributed by atoms with E-state index in [1.54, 1.807) is 13.8 Å². The SMILES string of the molecule is CC(=CCC(C)C=C1CN2CCCC2C(C)(O)C1O)C(O)C(C)O. The zero-order chi connectivity index (χ0) is 18.1. The maximum absolute atomic E-state index is 10.7. The third-order valence-electron chi connectivity index (χ3n) is 5.56. The predicted octanol–water partition coefficient (Wildman–Crippen LogP) is 1.22. The first-order valence-corrected chi connectivity index (χ1v) is 9.02. The standard InChI is InChI=1S/C19H33NO4/c1-12(7-8-13(2)17(22)14(3)21)10-15-11-20-9-5-6-16(20)19(4,24)18(15)23/h8,10,12,14,16-18,21-24H,5-7,9,11H2,1-4H3. The second-order valence-corrected chi connectivity index (χ2v) is 7.85. The smallest absolute Gasteiger partial charge is 0.107 e. The highest BCUT2D eigenvalue weighted by Crippen LogP contribution is 2.37. The van der Waals surface area contributed by atoms with E-state index >= 15 is 0 Å². The molecule has 0 aliphatic carbocycles. The number of hydrogen-bond acceptors (Lipinski definition) is 5. The monoisotopic (exact) mass is 339 g/mol. The van der Waals surface area contributed by atoms with Gasteiger partial charge in [-0.25, -0.2) is 0 Å². The van der Waals surface area contributed by atoms with Gasteiger partial charge in [0.25, 0.3) is 0 Å². The van der Waals surface area contributed by atoms with Crippen LogP contribution in [0.2, 0.25) is 0 Å². The van der Waals surface area contributed by atoms with Crippen LogP contribution in [0.3, 0.4) is 0 Å². The Balaban J connectivity index is 2.05. The van der Waals surface area contributed by atoms with E-state index in [0.717, 1.165) is 37.0 Å². The normalized spacial score (nSPS) is 37.3. The fourth-order valence-corrected chi connectivity index (χ4v) is 4.01. The van der Waals surface area contributed by atoms with Gasteiger partial charge in [0.05, 0.1) is 6.10 Å². The van der Waals surface area contributed by atoms with Crippen LogP contribution >= 0.6 is 0 Å². The molecule has 4 N–H and O–H groups in total. The van der Waals surface area contributed by atoms with E-state index in [1.165, 1.54) is 0 Å². The van der Waals surface area contributed by atoms with Gasteiger partial charge in [-0.15, -0.1) is 0 Å². The molecule has 0 saturated carbocycles. The summed E-state index contributed by atoms with van der Waals surface area (Å²) in [6, 6.07) is 0.0447. The summed E-state index contributed by atoms with van der Waals surface area (Å²) in [7, 11) is 0. The molecule has 0 bridgehead atoms. The molecule has 2 heterocycles. The van der Waals surface area contributed by atoms with Crippen LogP contribution in [0.25, 0.3) is 0 Å². The summed E-state index contributed by atoms with van der Waals surface area (Å²) in [6.07, 6.45) is 4.26. The molecule has 2 aliphatic rings. The lowest BCUT2D eigenvalue weighted by atomic mass is 9.80. The highest BCUT2D eigenvalue weighted by atomic mass is 16.3. The molecule has 2 aliphatic heterocycles. The van der Waals surface area contributed by atoms with E-state index in [1.807, 2.05) is 19.1 Å². The first kappa shape index (κ1) is 19.6. The van der Waals surface area contributed by atoms with E-state index in [9.17, 15) is 20.4 Å². The van der Waals surface area contributed by atoms with Gasteiger partial charge in [-0.3, -0.25) is 4.90 Å². The van der Waals surface area contributed by atoms with Crippen LogP contribution in [0.15, 0.2) is 23.3 Å². The van der Waals surface area contributed by atoms with Gasteiger partial charge in [0.2, 0.25) is 0 Å². The maximum atomic E-state index is 10.7. The van der Waals surface area contributed by atoms with Crippen molar-refractivity contribution in [1.29, 1.82) is 0 Å². The molecule has 2 fully saturated rings. The fourth-order valence-electron chi connectivity index (χ4n) is 4.01. The van der Waals surface area contributed by atoms with Crippen LogP contribution in [0.1, 0.15) is 47.0 Å². The summed E-state index contributed by atoms with van der Waals surface area (Å²) in [5.74, 6) is 0.181. The van der Waals surface area contributed by atoms with Crippen molar-refractivity contribution in [3.8, 4) is 0 Å². The average Bonchev–Trinajstić information content (AvgIpc) is 2.98. The van der Waals surface area contributed by atoms with Gasteiger partial charge < -0.3 is 20.4 Å². The zero-order valence-electron chi connectivity index (χ0n) is 15.3. The Bertz CT molecular complexity index is 498. The van der Waals surface area contributed by atoms with Crippen molar-refractivity contribution < 1.29 is 20.4 Å². The van der Waals surface area contributed by atoms with E-state index in [4.69, 9.17) is 0 Å². The van der Waals surface area contributed by atoms with Crippen LogP contribution in [-0.4, -0.2) is 68.4 Å². The predicted molar refractivity (Wildman–Crippen MR) is 94.5 cm³/mol. The summed E-state index contributed by atoms with van der Waals surface area (Å²) in [4.78, 5) is 2.27. The summed E-state index contributed by atoms with van der Waals surface area (Å²) in [5.41, 5.74) is 0.535. The number of hydrogen-bond donors (Lipinski definition) is 4. The lowest BCUT2D eigenvalue weighted by Gasteiger charge is -2.46. The molecule has 2 rings (SSSR count). The Hall–Kier alpha value is -0.720. The van der Waals surface area contributed by atoms with Crippen LogP contribution < -0.4 is 0 Å². The molecule has 6 unspecified atom stereocenters. The largest absolute Gasteiger partial charge is 0.390 e. The van der Waals surface area contributed by atoms with Crippen molar-refractivity contribution in [2.75, 3.05) is 13.1 Å². The van der Waals surface area contributed by atoms with Crippen LogP contribution in [-0.2, 0) is 0 Å². The molecular formula is C19H33NO4. The molecule has 5 nitrogen and oxygen atoms in total. The molecule has 0 radical (unpaired) electrons. The van der Waals surface area contributed by atoms with Gasteiger partial charge in [-0.1, -0.05) is 19.1 Å². The minimum absolute atomic E-state index is 0.0447. The Morgan fingerprint density at radius 2 is 2.04 bits per heavy atom. The van der Waals surface area contributed by atoms with Gasteiger partial charge >= 0.3 is 0 Å². The number of aliphatic hydroxyl groups is 4. The van der Waals surface area contributed by atoms with Crippen LogP contribution in [0, 0.1) is 5.92 Å². The van der Waals surface area contributed by atoms with Crippen LogP contribution in [0.5, 0.6) is 0 Å². The summed E-state index contributed by atoms with van der Waals surface area (Å²) < 4.78 is 0. The van der Waals surface area contributed by atoms with Crippen molar-refractivity contribution >= 4 is 0 Å². The Kier molecular flexibility index (Phi) is 6.26. The zero-order valence-corrected chi connectivity index (χ0v) is 15.3. The minimum atomic E-state index is -1.10. The summed E-state index contributed by atoms with van der Waals surface area (Å²) in [6.45, 7) is 8.86. The van der Waals surface area contributed by atoms with Gasteiger partial charge in [0.15, 0.2) is 0 Å². The van der Waals surface area contributed by atoms with E-state index in [0.29, 0.717) is 6.54 Å². The molecule has 0 aromatic carbocycles. The third-order valence-corrected chi connectivity index (χ3v) is 5.56. The summed E-state index contributed by atoms with van der Waals surface area (Å²) in [5, 5.41) is 40.6. The molecule has 138 valence electrons. The van der Waals surface area contributed by atoms with E-state index < -0.39 is 23.9 Å². The van der Waals surface area contributed by atoms with Crippen molar-refractivity contribution in [3.05, 3.63) is 23.3 Å². The molecule has 0 spiro atoms. The second-order valence-electron chi connectivity index (χ2n) is 7.85. The van der Waals surface area contributed by atoms with Crippen molar-refractivity contribution in [2.45, 2.75) is 76.9 Å². The molecule has 24 heavy (non-hydrogen) atoms. The fraction of sp³-hybridized carbons (Fsp3) is 0.789. The molecular weight excluding hydrogens is 306 g/mol. The topological polar surface area (TPSA) is 84.2 Å². The first-order chi connectivity index (χ1) is 11.1. The lowest BCUT2D eigenvalue weighted by molar-refractivity contribution is -0.110. The maximum Gasteiger partial charge on any atom is 0.107 e. The number of aliphatic hydroxyl groups excluding tert-OH is 3. The van der Waals surface area contributed by atoms with Gasteiger partial charge in [0.1, 0.15) is 17.8 Å². The highest BCUT2D eigenvalue weighted by Gasteiger charge is 2.49. The van der Waals surface area contributed by atoms with Gasteiger partial charge in [-0.2, -0.15) is 0 Å². The Morgan fingerprint density at radius 1 is 1.38 bits per heavy atom. The molecule has 6 atom stereocenters. The van der Waals surface area contributed by atoms with E-state index in [-0.39, 0.29) is 12.0 Å². The Morgan fingerprint density at radius 3 is 2.67 bits per heavy atom. The van der Waals surface area contributed by atoms with E-state index in [2.05, 4.69) is 11.8 Å². The molecule has 0 aromatic rings. The minimum Gasteiger partial charge on any atom is -0.390 e. The van der Waals surface area contributed by atoms with Crippen molar-refractivity contribution in [1.82, 2.24) is 4.90 Å². The van der Waals surface area contributed by atoms with Crippen LogP contribution in [0.4, 0.5) is 0 Å². The molecule has 0 amide bonds. The number of rotatable bonds is 5. The number of fused-ring (bicyclic) bond motifs is 1. The van der Waals surface area contributed by atoms with Crippen molar-refractivity contribution in [3.63, 3.8) is 0 Å². The third kappa shape index (κ3) is 4.09. The second kappa shape index (κ2) is 7.67. The lowest BCUT2D eigenvalue weighted by Crippen LogP contribution is -2.61. The molecule has 0 aromatic heterocycles. The first-order valence-electron chi connectivity index (χ1n) is 9.02. The average molecular weight is 339 g/mol. The number of allylic oxidation sites excluding steroid dienone is 2.